The first kappa shape index (κ1) is 20.1. The fraction of sp³-hybridized carbons (Fsp3) is 0.421. The number of amides is 1. The molecule has 5 rings (SSSR count). The number of carbonyl (C=O) groups is 1. The average molecular weight is 453 g/mol. The molecule has 0 spiro atoms. The Morgan fingerprint density at radius 2 is 2.00 bits per heavy atom. The maximum atomic E-state index is 12.9. The van der Waals surface area contributed by atoms with Gasteiger partial charge >= 0.3 is 12.3 Å². The summed E-state index contributed by atoms with van der Waals surface area (Å²) in [5, 5.41) is 1.05. The summed E-state index contributed by atoms with van der Waals surface area (Å²) in [7, 11) is 0. The number of hydrogen-bond donors (Lipinski definition) is 1. The standard InChI is InChI=1S/C19H18F3N5O3S/c20-19(21,22)15-8-24-17(31-15)13-7-12-14(1-2-23-16(12)25-13)26-3-5-27(6-4-26)18(28)30-11-9-29-10-11/h1-2,7-8,11H,3-6,9-10H2,(H,23,25). The highest BCUT2D eigenvalue weighted by Gasteiger charge is 2.34. The fourth-order valence-electron chi connectivity index (χ4n) is 3.56. The summed E-state index contributed by atoms with van der Waals surface area (Å²) in [6.07, 6.45) is -2.42. The largest absolute Gasteiger partial charge is 0.441 e. The van der Waals surface area contributed by atoms with Gasteiger partial charge in [-0.15, -0.1) is 11.3 Å². The van der Waals surface area contributed by atoms with Crippen molar-refractivity contribution in [3.8, 4) is 10.7 Å². The molecular formula is C19H18F3N5O3S. The van der Waals surface area contributed by atoms with Gasteiger partial charge in [-0.1, -0.05) is 0 Å². The molecule has 0 aromatic carbocycles. The number of halogens is 3. The Bertz CT molecular complexity index is 1100. The predicted octanol–water partition coefficient (Wildman–Crippen LogP) is 3.36. The Balaban J connectivity index is 1.33. The molecule has 0 radical (unpaired) electrons. The van der Waals surface area contributed by atoms with E-state index in [1.54, 1.807) is 17.2 Å². The zero-order valence-corrected chi connectivity index (χ0v) is 17.0. The Kier molecular flexibility index (Phi) is 4.97. The van der Waals surface area contributed by atoms with E-state index in [4.69, 9.17) is 9.47 Å². The average Bonchev–Trinajstić information content (AvgIpc) is 3.37. The lowest BCUT2D eigenvalue weighted by molar-refractivity contribution is -0.134. The summed E-state index contributed by atoms with van der Waals surface area (Å²) in [6, 6.07) is 3.64. The van der Waals surface area contributed by atoms with Gasteiger partial charge in [0.2, 0.25) is 0 Å². The number of anilines is 1. The smallest absolute Gasteiger partial charge is 0.427 e. The van der Waals surface area contributed by atoms with Crippen LogP contribution in [-0.2, 0) is 15.7 Å². The highest BCUT2D eigenvalue weighted by atomic mass is 32.1. The molecule has 0 aliphatic carbocycles. The molecule has 0 saturated carbocycles. The summed E-state index contributed by atoms with van der Waals surface area (Å²) in [6.45, 7) is 3.11. The second-order valence-corrected chi connectivity index (χ2v) is 8.35. The summed E-state index contributed by atoms with van der Waals surface area (Å²) in [5.74, 6) is 0. The number of thiazole rings is 1. The van der Waals surface area contributed by atoms with Gasteiger partial charge in [-0.25, -0.2) is 14.8 Å². The van der Waals surface area contributed by atoms with Crippen LogP contribution in [0.15, 0.2) is 24.5 Å². The molecule has 1 amide bonds. The molecule has 0 unspecified atom stereocenters. The number of nitrogens with zero attached hydrogens (tertiary/aromatic N) is 4. The van der Waals surface area contributed by atoms with Gasteiger partial charge in [0.15, 0.2) is 6.10 Å². The number of alkyl halides is 3. The van der Waals surface area contributed by atoms with Crippen LogP contribution in [0.2, 0.25) is 0 Å². The summed E-state index contributed by atoms with van der Waals surface area (Å²) >= 11 is 0.589. The van der Waals surface area contributed by atoms with E-state index in [9.17, 15) is 18.0 Å². The highest BCUT2D eigenvalue weighted by Crippen LogP contribution is 2.38. The van der Waals surface area contributed by atoms with Crippen molar-refractivity contribution in [2.24, 2.45) is 0 Å². The van der Waals surface area contributed by atoms with E-state index in [0.29, 0.717) is 62.1 Å². The van der Waals surface area contributed by atoms with Gasteiger partial charge in [-0.2, -0.15) is 13.2 Å². The Morgan fingerprint density at radius 1 is 1.23 bits per heavy atom. The number of rotatable bonds is 3. The molecule has 0 bridgehead atoms. The molecule has 3 aromatic rings. The second kappa shape index (κ2) is 7.68. The van der Waals surface area contributed by atoms with Crippen LogP contribution in [0.4, 0.5) is 23.7 Å². The molecule has 12 heteroatoms. The molecular weight excluding hydrogens is 435 g/mol. The van der Waals surface area contributed by atoms with E-state index in [2.05, 4.69) is 19.9 Å². The number of carbonyl (C=O) groups excluding carboxylic acids is 1. The molecule has 1 N–H and O–H groups in total. The molecule has 164 valence electrons. The molecule has 2 aliphatic heterocycles. The van der Waals surface area contributed by atoms with Crippen molar-refractivity contribution in [2.75, 3.05) is 44.3 Å². The lowest BCUT2D eigenvalue weighted by Gasteiger charge is -2.37. The van der Waals surface area contributed by atoms with E-state index in [1.165, 1.54) is 0 Å². The molecule has 2 aliphatic rings. The Labute approximate surface area is 178 Å². The number of H-pyrrole nitrogens is 1. The van der Waals surface area contributed by atoms with Crippen LogP contribution in [0.25, 0.3) is 21.7 Å². The topological polar surface area (TPSA) is 83.6 Å². The molecule has 5 heterocycles. The molecule has 3 aromatic heterocycles. The van der Waals surface area contributed by atoms with Crippen molar-refractivity contribution < 1.29 is 27.4 Å². The molecule has 2 saturated heterocycles. The SMILES string of the molecule is O=C(OC1COC1)N1CCN(c2ccnc3[nH]c(-c4ncc(C(F)(F)F)s4)cc23)CC1. The number of nitrogens with one attached hydrogen (secondary N) is 1. The van der Waals surface area contributed by atoms with Gasteiger partial charge in [-0.3, -0.25) is 0 Å². The first-order valence-corrected chi connectivity index (χ1v) is 10.5. The van der Waals surface area contributed by atoms with Gasteiger partial charge in [0.1, 0.15) is 15.5 Å². The number of piperazine rings is 1. The van der Waals surface area contributed by atoms with Gasteiger partial charge in [0.25, 0.3) is 0 Å². The van der Waals surface area contributed by atoms with Crippen LogP contribution in [-0.4, -0.2) is 71.4 Å². The van der Waals surface area contributed by atoms with Crippen LogP contribution in [0.1, 0.15) is 4.88 Å². The second-order valence-electron chi connectivity index (χ2n) is 7.32. The minimum atomic E-state index is -4.42. The maximum absolute atomic E-state index is 12.9. The molecule has 8 nitrogen and oxygen atoms in total. The van der Waals surface area contributed by atoms with Crippen molar-refractivity contribution in [1.29, 1.82) is 0 Å². The fourth-order valence-corrected chi connectivity index (χ4v) is 4.32. The van der Waals surface area contributed by atoms with Gasteiger partial charge in [0.05, 0.1) is 25.1 Å². The summed E-state index contributed by atoms with van der Waals surface area (Å²) < 4.78 is 49.1. The third kappa shape index (κ3) is 3.92. The highest BCUT2D eigenvalue weighted by molar-refractivity contribution is 7.15. The number of aromatic amines is 1. The van der Waals surface area contributed by atoms with E-state index in [1.807, 2.05) is 6.07 Å². The first-order chi connectivity index (χ1) is 14.9. The predicted molar refractivity (Wildman–Crippen MR) is 107 cm³/mol. The Hall–Kier alpha value is -2.86. The molecule has 2 fully saturated rings. The first-order valence-electron chi connectivity index (χ1n) is 9.68. The van der Waals surface area contributed by atoms with Crippen molar-refractivity contribution in [3.05, 3.63) is 29.4 Å². The summed E-state index contributed by atoms with van der Waals surface area (Å²) in [4.78, 5) is 26.6. The van der Waals surface area contributed by atoms with Crippen LogP contribution in [0.3, 0.4) is 0 Å². The lowest BCUT2D eigenvalue weighted by atomic mass is 10.2. The number of fused-ring (bicyclic) bond motifs is 1. The number of pyridine rings is 1. The van der Waals surface area contributed by atoms with Crippen LogP contribution in [0, 0.1) is 0 Å². The zero-order valence-electron chi connectivity index (χ0n) is 16.2. The minimum Gasteiger partial charge on any atom is -0.441 e. The van der Waals surface area contributed by atoms with Gasteiger partial charge in [-0.05, 0) is 12.1 Å². The minimum absolute atomic E-state index is 0.160. The lowest BCUT2D eigenvalue weighted by Crippen LogP contribution is -2.51. The molecule has 0 atom stereocenters. The number of hydrogen-bond acceptors (Lipinski definition) is 7. The van der Waals surface area contributed by atoms with E-state index >= 15 is 0 Å². The number of ether oxygens (including phenoxy) is 2. The van der Waals surface area contributed by atoms with Crippen molar-refractivity contribution in [1.82, 2.24) is 19.9 Å². The molecule has 31 heavy (non-hydrogen) atoms. The Morgan fingerprint density at radius 3 is 2.65 bits per heavy atom. The van der Waals surface area contributed by atoms with E-state index in [-0.39, 0.29) is 17.2 Å². The monoisotopic (exact) mass is 453 g/mol. The summed E-state index contributed by atoms with van der Waals surface area (Å²) in [5.41, 5.74) is 1.96. The van der Waals surface area contributed by atoms with Crippen LogP contribution >= 0.6 is 11.3 Å². The quantitative estimate of drug-likeness (QED) is 0.655. The van der Waals surface area contributed by atoms with Crippen LogP contribution in [0.5, 0.6) is 0 Å². The van der Waals surface area contributed by atoms with Gasteiger partial charge < -0.3 is 24.3 Å². The van der Waals surface area contributed by atoms with Crippen molar-refractivity contribution >= 4 is 34.2 Å². The van der Waals surface area contributed by atoms with Crippen molar-refractivity contribution in [3.63, 3.8) is 0 Å². The normalized spacial score (nSPS) is 17.8. The van der Waals surface area contributed by atoms with Crippen LogP contribution < -0.4 is 4.90 Å². The third-order valence-corrected chi connectivity index (χ3v) is 6.35. The third-order valence-electron chi connectivity index (χ3n) is 5.28. The van der Waals surface area contributed by atoms with Gasteiger partial charge in [0, 0.05) is 43.4 Å². The van der Waals surface area contributed by atoms with E-state index < -0.39 is 11.1 Å². The number of aromatic nitrogens is 3. The zero-order chi connectivity index (χ0) is 21.6. The van der Waals surface area contributed by atoms with Crippen molar-refractivity contribution in [2.45, 2.75) is 12.3 Å². The maximum Gasteiger partial charge on any atom is 0.427 e. The van der Waals surface area contributed by atoms with E-state index in [0.717, 1.165) is 17.3 Å².